The Morgan fingerprint density at radius 3 is 2.35 bits per heavy atom. The molecule has 0 aromatic carbocycles. The normalized spacial score (nSPS) is 14.5. The van der Waals surface area contributed by atoms with Crippen molar-refractivity contribution in [2.75, 3.05) is 13.2 Å². The van der Waals surface area contributed by atoms with E-state index in [0.717, 1.165) is 12.8 Å². The molecule has 1 atom stereocenters. The van der Waals surface area contributed by atoms with E-state index in [-0.39, 0.29) is 6.61 Å². The lowest BCUT2D eigenvalue weighted by atomic mass is 9.94. The first-order chi connectivity index (χ1) is 8.06. The second kappa shape index (κ2) is 9.42. The fourth-order valence-corrected chi connectivity index (χ4v) is 1.80. The molecule has 3 N–H and O–H groups in total. The number of aliphatic hydroxyl groups is 1. The predicted octanol–water partition coefficient (Wildman–Crippen LogP) is 2.16. The minimum Gasteiger partial charge on any atom is -0.480 e. The van der Waals surface area contributed by atoms with Gasteiger partial charge < -0.3 is 15.5 Å². The van der Waals surface area contributed by atoms with Gasteiger partial charge in [0.05, 0.1) is 0 Å². The molecule has 0 aliphatic heterocycles. The molecule has 0 aromatic heterocycles. The summed E-state index contributed by atoms with van der Waals surface area (Å²) < 4.78 is 0. The first kappa shape index (κ1) is 16.4. The molecule has 0 amide bonds. The molecule has 0 saturated carbocycles. The highest BCUT2D eigenvalue weighted by atomic mass is 16.4. The Balaban J connectivity index is 3.91. The molecule has 102 valence electrons. The lowest BCUT2D eigenvalue weighted by Crippen LogP contribution is -2.49. The molecule has 0 radical (unpaired) electrons. The predicted molar refractivity (Wildman–Crippen MR) is 69.1 cm³/mol. The first-order valence-electron chi connectivity index (χ1n) is 6.66. The van der Waals surface area contributed by atoms with Crippen molar-refractivity contribution >= 4 is 5.97 Å². The molecular formula is C13H27NO3. The Labute approximate surface area is 104 Å². The van der Waals surface area contributed by atoms with E-state index in [1.807, 2.05) is 0 Å². The lowest BCUT2D eigenvalue weighted by Gasteiger charge is -2.26. The van der Waals surface area contributed by atoms with Gasteiger partial charge in [0.1, 0.15) is 5.54 Å². The summed E-state index contributed by atoms with van der Waals surface area (Å²) in [5.74, 6) is -0.800. The second-order valence-corrected chi connectivity index (χ2v) is 4.81. The smallest absolute Gasteiger partial charge is 0.323 e. The van der Waals surface area contributed by atoms with Crippen LogP contribution in [0.2, 0.25) is 0 Å². The summed E-state index contributed by atoms with van der Waals surface area (Å²) in [5, 5.41) is 20.9. The number of hydrogen-bond donors (Lipinski definition) is 3. The van der Waals surface area contributed by atoms with Gasteiger partial charge in [0.2, 0.25) is 0 Å². The van der Waals surface area contributed by atoms with Gasteiger partial charge in [0.15, 0.2) is 0 Å². The quantitative estimate of drug-likeness (QED) is 0.488. The Morgan fingerprint density at radius 1 is 1.18 bits per heavy atom. The van der Waals surface area contributed by atoms with Crippen LogP contribution in [0.3, 0.4) is 0 Å². The van der Waals surface area contributed by atoms with Crippen molar-refractivity contribution in [2.45, 2.75) is 64.3 Å². The largest absolute Gasteiger partial charge is 0.480 e. The van der Waals surface area contributed by atoms with Crippen LogP contribution in [-0.2, 0) is 4.79 Å². The zero-order valence-corrected chi connectivity index (χ0v) is 11.2. The molecular weight excluding hydrogens is 218 g/mol. The molecule has 4 heteroatoms. The van der Waals surface area contributed by atoms with Gasteiger partial charge in [0, 0.05) is 6.61 Å². The summed E-state index contributed by atoms with van der Waals surface area (Å²) in [5.41, 5.74) is -0.846. The Hall–Kier alpha value is -0.610. The van der Waals surface area contributed by atoms with E-state index >= 15 is 0 Å². The SMILES string of the molecule is CCCCCCCC(C)(NCCCO)C(=O)O. The van der Waals surface area contributed by atoms with Crippen LogP contribution in [-0.4, -0.2) is 34.9 Å². The van der Waals surface area contributed by atoms with E-state index in [1.165, 1.54) is 19.3 Å². The zero-order chi connectivity index (χ0) is 13.1. The third kappa shape index (κ3) is 7.34. The van der Waals surface area contributed by atoms with Crippen molar-refractivity contribution in [2.24, 2.45) is 0 Å². The van der Waals surface area contributed by atoms with Gasteiger partial charge in [-0.1, -0.05) is 39.0 Å². The van der Waals surface area contributed by atoms with E-state index in [2.05, 4.69) is 12.2 Å². The Kier molecular flexibility index (Phi) is 9.09. The average molecular weight is 245 g/mol. The molecule has 0 aliphatic carbocycles. The first-order valence-corrected chi connectivity index (χ1v) is 6.66. The topological polar surface area (TPSA) is 69.6 Å². The van der Waals surface area contributed by atoms with Crippen molar-refractivity contribution < 1.29 is 15.0 Å². The summed E-state index contributed by atoms with van der Waals surface area (Å²) in [6.07, 6.45) is 6.89. The van der Waals surface area contributed by atoms with E-state index in [1.54, 1.807) is 6.92 Å². The summed E-state index contributed by atoms with van der Waals surface area (Å²) >= 11 is 0. The summed E-state index contributed by atoms with van der Waals surface area (Å²) in [4.78, 5) is 11.2. The van der Waals surface area contributed by atoms with Crippen molar-refractivity contribution in [3.8, 4) is 0 Å². The molecule has 4 nitrogen and oxygen atoms in total. The number of carboxylic acid groups (broad SMARTS) is 1. The van der Waals surface area contributed by atoms with Crippen LogP contribution in [0, 0.1) is 0 Å². The van der Waals surface area contributed by atoms with Crippen LogP contribution < -0.4 is 5.32 Å². The minimum atomic E-state index is -0.846. The number of carbonyl (C=O) groups is 1. The third-order valence-electron chi connectivity index (χ3n) is 3.10. The number of aliphatic carboxylic acids is 1. The maximum Gasteiger partial charge on any atom is 0.323 e. The minimum absolute atomic E-state index is 0.0964. The third-order valence-corrected chi connectivity index (χ3v) is 3.10. The fraction of sp³-hybridized carbons (Fsp3) is 0.923. The molecule has 0 aliphatic rings. The van der Waals surface area contributed by atoms with Gasteiger partial charge in [-0.3, -0.25) is 4.79 Å². The van der Waals surface area contributed by atoms with Crippen LogP contribution >= 0.6 is 0 Å². The molecule has 0 heterocycles. The lowest BCUT2D eigenvalue weighted by molar-refractivity contribution is -0.144. The van der Waals surface area contributed by atoms with E-state index in [9.17, 15) is 9.90 Å². The van der Waals surface area contributed by atoms with E-state index in [0.29, 0.717) is 19.4 Å². The van der Waals surface area contributed by atoms with Crippen LogP contribution in [0.5, 0.6) is 0 Å². The number of aliphatic hydroxyl groups excluding tert-OH is 1. The van der Waals surface area contributed by atoms with Crippen molar-refractivity contribution in [3.63, 3.8) is 0 Å². The summed E-state index contributed by atoms with van der Waals surface area (Å²) in [6.45, 7) is 4.54. The molecule has 0 bridgehead atoms. The molecule has 1 unspecified atom stereocenters. The number of nitrogens with one attached hydrogen (secondary N) is 1. The van der Waals surface area contributed by atoms with Crippen LogP contribution in [0.1, 0.15) is 58.8 Å². The number of carboxylic acids is 1. The van der Waals surface area contributed by atoms with Gasteiger partial charge in [-0.2, -0.15) is 0 Å². The monoisotopic (exact) mass is 245 g/mol. The van der Waals surface area contributed by atoms with Crippen LogP contribution in [0.15, 0.2) is 0 Å². The van der Waals surface area contributed by atoms with Crippen molar-refractivity contribution in [3.05, 3.63) is 0 Å². The average Bonchev–Trinajstić information content (AvgIpc) is 2.29. The summed E-state index contributed by atoms with van der Waals surface area (Å²) in [6, 6.07) is 0. The highest BCUT2D eigenvalue weighted by Crippen LogP contribution is 2.16. The van der Waals surface area contributed by atoms with Crippen LogP contribution in [0.25, 0.3) is 0 Å². The molecule has 0 aromatic rings. The Bertz CT molecular complexity index is 209. The van der Waals surface area contributed by atoms with Crippen LogP contribution in [0.4, 0.5) is 0 Å². The number of unbranched alkanes of at least 4 members (excludes halogenated alkanes) is 4. The van der Waals surface area contributed by atoms with Gasteiger partial charge in [-0.25, -0.2) is 0 Å². The maximum atomic E-state index is 11.2. The Morgan fingerprint density at radius 2 is 1.82 bits per heavy atom. The van der Waals surface area contributed by atoms with Crippen molar-refractivity contribution in [1.29, 1.82) is 0 Å². The fourth-order valence-electron chi connectivity index (χ4n) is 1.80. The van der Waals surface area contributed by atoms with Crippen molar-refractivity contribution in [1.82, 2.24) is 5.32 Å². The van der Waals surface area contributed by atoms with Gasteiger partial charge in [0.25, 0.3) is 0 Å². The molecule has 0 spiro atoms. The number of hydrogen-bond acceptors (Lipinski definition) is 3. The second-order valence-electron chi connectivity index (χ2n) is 4.81. The highest BCUT2D eigenvalue weighted by molar-refractivity contribution is 5.78. The summed E-state index contributed by atoms with van der Waals surface area (Å²) in [7, 11) is 0. The van der Waals surface area contributed by atoms with E-state index < -0.39 is 11.5 Å². The molecule has 17 heavy (non-hydrogen) atoms. The molecule has 0 fully saturated rings. The number of rotatable bonds is 11. The standard InChI is InChI=1S/C13H27NO3/c1-3-4-5-6-7-9-13(2,12(16)17)14-10-8-11-15/h14-15H,3-11H2,1-2H3,(H,16,17). The van der Waals surface area contributed by atoms with Gasteiger partial charge in [-0.15, -0.1) is 0 Å². The zero-order valence-electron chi connectivity index (χ0n) is 11.2. The molecule has 0 rings (SSSR count). The maximum absolute atomic E-state index is 11.2. The van der Waals surface area contributed by atoms with Gasteiger partial charge in [-0.05, 0) is 26.3 Å². The van der Waals surface area contributed by atoms with E-state index in [4.69, 9.17) is 5.11 Å². The molecule has 0 saturated heterocycles. The highest BCUT2D eigenvalue weighted by Gasteiger charge is 2.31. The van der Waals surface area contributed by atoms with Gasteiger partial charge >= 0.3 is 5.97 Å².